The Labute approximate surface area is 133 Å². The van der Waals surface area contributed by atoms with E-state index in [1.807, 2.05) is 11.0 Å². The first kappa shape index (κ1) is 18.0. The number of pyridine rings is 1. The lowest BCUT2D eigenvalue weighted by atomic mass is 10.1. The highest BCUT2D eigenvalue weighted by Gasteiger charge is 2.21. The van der Waals surface area contributed by atoms with Crippen molar-refractivity contribution >= 4 is 17.5 Å². The van der Waals surface area contributed by atoms with Crippen molar-refractivity contribution in [2.45, 2.75) is 65.8 Å². The maximum absolute atomic E-state index is 12.8. The van der Waals surface area contributed by atoms with Crippen LogP contribution in [0.4, 0.5) is 0 Å². The molecule has 0 saturated heterocycles. The third-order valence-corrected chi connectivity index (χ3v) is 3.93. The fraction of sp³-hybridized carbons (Fsp3) is 0.647. The fourth-order valence-corrected chi connectivity index (χ4v) is 2.52. The molecule has 0 aromatic carbocycles. The van der Waals surface area contributed by atoms with Crippen LogP contribution < -0.4 is 0 Å². The van der Waals surface area contributed by atoms with E-state index in [0.29, 0.717) is 10.7 Å². The second-order valence-electron chi connectivity index (χ2n) is 5.53. The highest BCUT2D eigenvalue weighted by molar-refractivity contribution is 6.29. The van der Waals surface area contributed by atoms with Crippen LogP contribution in [0.5, 0.6) is 0 Å². The number of nitrogens with zero attached hydrogens (tertiary/aromatic N) is 2. The van der Waals surface area contributed by atoms with Crippen molar-refractivity contribution in [2.75, 3.05) is 6.54 Å². The van der Waals surface area contributed by atoms with Gasteiger partial charge in [-0.1, -0.05) is 45.2 Å². The predicted octanol–water partition coefficient (Wildman–Crippen LogP) is 4.73. The van der Waals surface area contributed by atoms with Crippen LogP contribution >= 0.6 is 11.6 Å². The van der Waals surface area contributed by atoms with Gasteiger partial charge in [-0.2, -0.15) is 0 Å². The van der Waals surface area contributed by atoms with Crippen molar-refractivity contribution in [1.29, 1.82) is 0 Å². The molecule has 4 heteroatoms. The lowest BCUT2D eigenvalue weighted by molar-refractivity contribution is 0.0685. The summed E-state index contributed by atoms with van der Waals surface area (Å²) >= 11 is 6.07. The van der Waals surface area contributed by atoms with Gasteiger partial charge in [-0.05, 0) is 38.3 Å². The lowest BCUT2D eigenvalue weighted by Gasteiger charge is -2.29. The molecular weight excluding hydrogens is 284 g/mol. The Hall–Kier alpha value is -1.09. The summed E-state index contributed by atoms with van der Waals surface area (Å²) in [5.74, 6) is 0.0689. The number of carbonyl (C=O) groups is 1. The minimum Gasteiger partial charge on any atom is -0.336 e. The smallest absolute Gasteiger partial charge is 0.254 e. The van der Waals surface area contributed by atoms with Crippen molar-refractivity contribution < 1.29 is 4.79 Å². The topological polar surface area (TPSA) is 33.2 Å². The number of hydrogen-bond acceptors (Lipinski definition) is 2. The summed E-state index contributed by atoms with van der Waals surface area (Å²) in [5.41, 5.74) is 1.56. The van der Waals surface area contributed by atoms with Gasteiger partial charge in [0, 0.05) is 23.8 Å². The molecule has 21 heavy (non-hydrogen) atoms. The van der Waals surface area contributed by atoms with Crippen molar-refractivity contribution in [2.24, 2.45) is 0 Å². The van der Waals surface area contributed by atoms with E-state index in [4.69, 9.17) is 11.6 Å². The molecule has 1 amide bonds. The number of aryl methyl sites for hydroxylation is 1. The van der Waals surface area contributed by atoms with E-state index in [1.54, 1.807) is 6.07 Å². The number of amides is 1. The van der Waals surface area contributed by atoms with Gasteiger partial charge in [-0.25, -0.2) is 4.98 Å². The maximum Gasteiger partial charge on any atom is 0.254 e. The molecule has 0 fully saturated rings. The minimum atomic E-state index is 0.0689. The van der Waals surface area contributed by atoms with Crippen LogP contribution in [-0.4, -0.2) is 28.4 Å². The Bertz CT molecular complexity index is 462. The molecule has 118 valence electrons. The largest absolute Gasteiger partial charge is 0.336 e. The second-order valence-corrected chi connectivity index (χ2v) is 5.92. The van der Waals surface area contributed by atoms with Gasteiger partial charge in [0.15, 0.2) is 0 Å². The van der Waals surface area contributed by atoms with Crippen molar-refractivity contribution in [3.63, 3.8) is 0 Å². The van der Waals surface area contributed by atoms with Crippen LogP contribution in [0.25, 0.3) is 0 Å². The quantitative estimate of drug-likeness (QED) is 0.650. The summed E-state index contributed by atoms with van der Waals surface area (Å²) < 4.78 is 0. The van der Waals surface area contributed by atoms with Crippen LogP contribution in [0, 0.1) is 0 Å². The summed E-state index contributed by atoms with van der Waals surface area (Å²) in [6.45, 7) is 9.24. The first-order valence-electron chi connectivity index (χ1n) is 8.00. The van der Waals surface area contributed by atoms with Crippen LogP contribution in [0.2, 0.25) is 5.15 Å². The number of carbonyl (C=O) groups excluding carboxylic acids is 1. The molecule has 1 unspecified atom stereocenters. The monoisotopic (exact) mass is 310 g/mol. The van der Waals surface area contributed by atoms with E-state index in [-0.39, 0.29) is 11.9 Å². The Morgan fingerprint density at radius 1 is 1.29 bits per heavy atom. The van der Waals surface area contributed by atoms with E-state index in [9.17, 15) is 4.79 Å². The van der Waals surface area contributed by atoms with Gasteiger partial charge in [-0.15, -0.1) is 0 Å². The van der Waals surface area contributed by atoms with Crippen molar-refractivity contribution in [3.8, 4) is 0 Å². The Balaban J connectivity index is 3.01. The highest BCUT2D eigenvalue weighted by atomic mass is 35.5. The van der Waals surface area contributed by atoms with E-state index < -0.39 is 0 Å². The molecule has 0 aliphatic heterocycles. The number of halogens is 1. The molecular formula is C17H27ClN2O. The number of unbranched alkanes of at least 4 members (excludes halogenated alkanes) is 1. The molecule has 3 nitrogen and oxygen atoms in total. The van der Waals surface area contributed by atoms with E-state index >= 15 is 0 Å². The molecule has 1 aromatic heterocycles. The average Bonchev–Trinajstić information content (AvgIpc) is 2.46. The molecule has 0 aliphatic rings. The molecule has 1 atom stereocenters. The van der Waals surface area contributed by atoms with Gasteiger partial charge >= 0.3 is 0 Å². The van der Waals surface area contributed by atoms with Crippen LogP contribution in [0.1, 0.15) is 69.4 Å². The van der Waals surface area contributed by atoms with Gasteiger partial charge in [0.1, 0.15) is 5.15 Å². The van der Waals surface area contributed by atoms with Gasteiger partial charge < -0.3 is 4.90 Å². The standard InChI is InChI=1S/C17H27ClN2O/c1-5-8-10-20(13(4)7-3)17(21)14-11-15(9-6-2)19-16(18)12-14/h11-13H,5-10H2,1-4H3. The van der Waals surface area contributed by atoms with Gasteiger partial charge in [0.2, 0.25) is 0 Å². The zero-order valence-electron chi connectivity index (χ0n) is 13.7. The van der Waals surface area contributed by atoms with Crippen LogP contribution in [0.15, 0.2) is 12.1 Å². The third-order valence-electron chi connectivity index (χ3n) is 3.74. The number of aromatic nitrogens is 1. The number of hydrogen-bond donors (Lipinski definition) is 0. The molecule has 0 spiro atoms. The third kappa shape index (κ3) is 5.31. The molecule has 0 radical (unpaired) electrons. The molecule has 0 N–H and O–H groups in total. The van der Waals surface area contributed by atoms with Crippen molar-refractivity contribution in [3.05, 3.63) is 28.5 Å². The summed E-state index contributed by atoms with van der Waals surface area (Å²) in [7, 11) is 0. The zero-order valence-corrected chi connectivity index (χ0v) is 14.4. The normalized spacial score (nSPS) is 12.2. The summed E-state index contributed by atoms with van der Waals surface area (Å²) in [6.07, 6.45) is 4.90. The van der Waals surface area contributed by atoms with Crippen LogP contribution in [-0.2, 0) is 6.42 Å². The highest BCUT2D eigenvalue weighted by Crippen LogP contribution is 2.17. The first-order chi connectivity index (χ1) is 10.0. The molecule has 0 bridgehead atoms. The second kappa shape index (κ2) is 9.04. The van der Waals surface area contributed by atoms with E-state index in [1.165, 1.54) is 0 Å². The zero-order chi connectivity index (χ0) is 15.8. The summed E-state index contributed by atoms with van der Waals surface area (Å²) in [4.78, 5) is 19.0. The lowest BCUT2D eigenvalue weighted by Crippen LogP contribution is -2.39. The Morgan fingerprint density at radius 3 is 2.57 bits per heavy atom. The average molecular weight is 311 g/mol. The van der Waals surface area contributed by atoms with Gasteiger partial charge in [0.05, 0.1) is 0 Å². The number of rotatable bonds is 8. The Morgan fingerprint density at radius 2 is 2.00 bits per heavy atom. The van der Waals surface area contributed by atoms with Crippen molar-refractivity contribution in [1.82, 2.24) is 9.88 Å². The van der Waals surface area contributed by atoms with E-state index in [2.05, 4.69) is 32.7 Å². The first-order valence-corrected chi connectivity index (χ1v) is 8.38. The molecule has 1 aromatic rings. The SMILES string of the molecule is CCCCN(C(=O)c1cc(Cl)nc(CCC)c1)C(C)CC. The molecule has 0 aliphatic carbocycles. The van der Waals surface area contributed by atoms with Crippen LogP contribution in [0.3, 0.4) is 0 Å². The van der Waals surface area contributed by atoms with Gasteiger partial charge in [-0.3, -0.25) is 4.79 Å². The molecule has 1 heterocycles. The van der Waals surface area contributed by atoms with Gasteiger partial charge in [0.25, 0.3) is 5.91 Å². The fourth-order valence-electron chi connectivity index (χ4n) is 2.30. The minimum absolute atomic E-state index is 0.0689. The summed E-state index contributed by atoms with van der Waals surface area (Å²) in [6, 6.07) is 3.81. The predicted molar refractivity (Wildman–Crippen MR) is 88.9 cm³/mol. The Kier molecular flexibility index (Phi) is 7.73. The maximum atomic E-state index is 12.8. The molecule has 1 rings (SSSR count). The summed E-state index contributed by atoms with van der Waals surface area (Å²) in [5, 5.41) is 0.406. The van der Waals surface area contributed by atoms with E-state index in [0.717, 1.165) is 44.3 Å². The molecule has 0 saturated carbocycles.